The maximum absolute atomic E-state index is 12.4. The third-order valence-electron chi connectivity index (χ3n) is 4.27. The minimum atomic E-state index is -0.481. The lowest BCUT2D eigenvalue weighted by atomic mass is 10.1. The van der Waals surface area contributed by atoms with E-state index < -0.39 is 5.60 Å². The third kappa shape index (κ3) is 10.9. The Morgan fingerprint density at radius 3 is 1.79 bits per heavy atom. The van der Waals surface area contributed by atoms with E-state index in [9.17, 15) is 9.59 Å². The largest absolute Gasteiger partial charge is 0.484 e. The first kappa shape index (κ1) is 25.0. The number of benzene rings is 1. The Labute approximate surface area is 176 Å². The summed E-state index contributed by atoms with van der Waals surface area (Å²) in [5.41, 5.74) is -0.481. The maximum Gasteiger partial charge on any atom is 0.311 e. The van der Waals surface area contributed by atoms with Crippen LogP contribution >= 0.6 is 0 Å². The van der Waals surface area contributed by atoms with Crippen molar-refractivity contribution in [1.29, 1.82) is 0 Å². The van der Waals surface area contributed by atoms with Crippen LogP contribution in [0.25, 0.3) is 0 Å². The number of ether oxygens (including phenoxy) is 3. The van der Waals surface area contributed by atoms with Gasteiger partial charge in [0.1, 0.15) is 5.60 Å². The smallest absolute Gasteiger partial charge is 0.311 e. The summed E-state index contributed by atoms with van der Waals surface area (Å²) in [7, 11) is 0. The van der Waals surface area contributed by atoms with E-state index in [1.807, 2.05) is 20.8 Å². The van der Waals surface area contributed by atoms with Gasteiger partial charge in [0.25, 0.3) is 0 Å². The molecular formula is C24H38O5. The molecule has 5 nitrogen and oxygen atoms in total. The van der Waals surface area contributed by atoms with E-state index in [4.69, 9.17) is 14.2 Å². The molecule has 0 atom stereocenters. The summed E-state index contributed by atoms with van der Waals surface area (Å²) in [6, 6.07) is 5.10. The van der Waals surface area contributed by atoms with Gasteiger partial charge < -0.3 is 14.2 Å². The first-order valence-electron chi connectivity index (χ1n) is 11.0. The van der Waals surface area contributed by atoms with Crippen LogP contribution in [0.15, 0.2) is 18.2 Å². The molecule has 0 fully saturated rings. The number of para-hydroxylation sites is 1. The van der Waals surface area contributed by atoms with E-state index in [0.717, 1.165) is 51.4 Å². The molecule has 0 heterocycles. The molecule has 0 saturated heterocycles. The Bertz CT molecular complexity index is 631. The average molecular weight is 407 g/mol. The third-order valence-corrected chi connectivity index (χ3v) is 4.27. The first-order chi connectivity index (χ1) is 13.8. The molecule has 0 bridgehead atoms. The lowest BCUT2D eigenvalue weighted by Gasteiger charge is -2.23. The van der Waals surface area contributed by atoms with Gasteiger partial charge in [0.15, 0.2) is 11.5 Å². The number of esters is 2. The van der Waals surface area contributed by atoms with Crippen molar-refractivity contribution in [3.05, 3.63) is 18.2 Å². The van der Waals surface area contributed by atoms with Crippen molar-refractivity contribution in [2.75, 3.05) is 0 Å². The second kappa shape index (κ2) is 13.2. The van der Waals surface area contributed by atoms with Crippen LogP contribution in [0.4, 0.5) is 0 Å². The number of rotatable bonds is 13. The standard InChI is InChI=1S/C24H38O5/c1-6-8-10-12-17-21(25)27-19-15-14-16-20(29-24(3,4)5)23(19)28-22(26)18-13-11-9-7-2/h14-16H,6-13,17-18H2,1-5H3. The number of carbonyl (C=O) groups excluding carboxylic acids is 2. The highest BCUT2D eigenvalue weighted by Crippen LogP contribution is 2.39. The summed E-state index contributed by atoms with van der Waals surface area (Å²) in [5.74, 6) is 0.148. The quantitative estimate of drug-likeness (QED) is 0.209. The fraction of sp³-hybridized carbons (Fsp3) is 0.667. The topological polar surface area (TPSA) is 61.8 Å². The van der Waals surface area contributed by atoms with E-state index in [1.54, 1.807) is 18.2 Å². The highest BCUT2D eigenvalue weighted by atomic mass is 16.6. The molecule has 5 heteroatoms. The zero-order valence-electron chi connectivity index (χ0n) is 18.8. The monoisotopic (exact) mass is 406 g/mol. The van der Waals surface area contributed by atoms with Gasteiger partial charge in [-0.1, -0.05) is 58.4 Å². The first-order valence-corrected chi connectivity index (χ1v) is 11.0. The van der Waals surface area contributed by atoms with Crippen molar-refractivity contribution in [1.82, 2.24) is 0 Å². The molecule has 1 rings (SSSR count). The predicted molar refractivity (Wildman–Crippen MR) is 116 cm³/mol. The lowest BCUT2D eigenvalue weighted by Crippen LogP contribution is -2.24. The zero-order valence-corrected chi connectivity index (χ0v) is 18.8. The van der Waals surface area contributed by atoms with Crippen LogP contribution in [0.1, 0.15) is 98.8 Å². The number of hydrogen-bond acceptors (Lipinski definition) is 5. The van der Waals surface area contributed by atoms with E-state index in [0.29, 0.717) is 18.6 Å². The van der Waals surface area contributed by atoms with Gasteiger partial charge >= 0.3 is 11.9 Å². The van der Waals surface area contributed by atoms with Crippen LogP contribution in [-0.4, -0.2) is 17.5 Å². The highest BCUT2D eigenvalue weighted by molar-refractivity contribution is 5.77. The van der Waals surface area contributed by atoms with Crippen molar-refractivity contribution >= 4 is 11.9 Å². The van der Waals surface area contributed by atoms with Gasteiger partial charge in [-0.15, -0.1) is 0 Å². The maximum atomic E-state index is 12.4. The van der Waals surface area contributed by atoms with Crippen molar-refractivity contribution in [3.8, 4) is 17.2 Å². The van der Waals surface area contributed by atoms with Crippen LogP contribution in [0, 0.1) is 0 Å². The summed E-state index contributed by atoms with van der Waals surface area (Å²) in [6.45, 7) is 9.99. The normalized spacial score (nSPS) is 11.2. The Kier molecular flexibility index (Phi) is 11.4. The van der Waals surface area contributed by atoms with Crippen molar-refractivity contribution in [2.45, 2.75) is 104 Å². The molecule has 164 valence electrons. The van der Waals surface area contributed by atoms with Gasteiger partial charge in [-0.3, -0.25) is 9.59 Å². The van der Waals surface area contributed by atoms with Crippen molar-refractivity contribution in [3.63, 3.8) is 0 Å². The SMILES string of the molecule is CCCCCCC(=O)Oc1cccc(OC(C)(C)C)c1OC(=O)CCCCCC. The van der Waals surface area contributed by atoms with Crippen molar-refractivity contribution in [2.24, 2.45) is 0 Å². The number of hydrogen-bond donors (Lipinski definition) is 0. The summed E-state index contributed by atoms with van der Waals surface area (Å²) in [4.78, 5) is 24.6. The van der Waals surface area contributed by atoms with E-state index >= 15 is 0 Å². The molecule has 0 N–H and O–H groups in total. The highest BCUT2D eigenvalue weighted by Gasteiger charge is 2.22. The fourth-order valence-corrected chi connectivity index (χ4v) is 2.82. The molecule has 0 radical (unpaired) electrons. The second-order valence-electron chi connectivity index (χ2n) is 8.37. The molecule has 0 aliphatic rings. The van der Waals surface area contributed by atoms with E-state index in [-0.39, 0.29) is 23.4 Å². The van der Waals surface area contributed by atoms with Crippen LogP contribution in [0.5, 0.6) is 17.2 Å². The Hall–Kier alpha value is -2.04. The minimum Gasteiger partial charge on any atom is -0.484 e. The molecule has 0 saturated carbocycles. The molecule has 0 aromatic heterocycles. The Morgan fingerprint density at radius 1 is 0.759 bits per heavy atom. The molecule has 0 spiro atoms. The lowest BCUT2D eigenvalue weighted by molar-refractivity contribution is -0.137. The summed E-state index contributed by atoms with van der Waals surface area (Å²) in [6.07, 6.45) is 8.64. The van der Waals surface area contributed by atoms with Gasteiger partial charge in [0.2, 0.25) is 5.75 Å². The second-order valence-corrected chi connectivity index (χ2v) is 8.37. The number of unbranched alkanes of at least 4 members (excludes halogenated alkanes) is 6. The van der Waals surface area contributed by atoms with Crippen LogP contribution < -0.4 is 14.2 Å². The zero-order chi connectivity index (χ0) is 21.7. The number of carbonyl (C=O) groups is 2. The Morgan fingerprint density at radius 2 is 1.28 bits per heavy atom. The van der Waals surface area contributed by atoms with Crippen LogP contribution in [0.3, 0.4) is 0 Å². The van der Waals surface area contributed by atoms with Crippen molar-refractivity contribution < 1.29 is 23.8 Å². The molecule has 1 aromatic rings. The molecule has 0 aliphatic carbocycles. The minimum absolute atomic E-state index is 0.185. The Balaban J connectivity index is 2.89. The van der Waals surface area contributed by atoms with Gasteiger partial charge in [-0.25, -0.2) is 0 Å². The molecule has 29 heavy (non-hydrogen) atoms. The summed E-state index contributed by atoms with van der Waals surface area (Å²) >= 11 is 0. The van der Waals surface area contributed by atoms with Gasteiger partial charge in [-0.2, -0.15) is 0 Å². The fourth-order valence-electron chi connectivity index (χ4n) is 2.82. The van der Waals surface area contributed by atoms with Crippen LogP contribution in [0.2, 0.25) is 0 Å². The molecular weight excluding hydrogens is 368 g/mol. The summed E-state index contributed by atoms with van der Waals surface area (Å²) < 4.78 is 17.1. The van der Waals surface area contributed by atoms with Gasteiger partial charge in [0, 0.05) is 12.8 Å². The molecule has 0 unspecified atom stereocenters. The van der Waals surface area contributed by atoms with Crippen LogP contribution in [-0.2, 0) is 9.59 Å². The molecule has 0 amide bonds. The van der Waals surface area contributed by atoms with Gasteiger partial charge in [0.05, 0.1) is 0 Å². The molecule has 0 aliphatic heterocycles. The van der Waals surface area contributed by atoms with E-state index in [1.165, 1.54) is 0 Å². The molecule has 1 aromatic carbocycles. The average Bonchev–Trinajstić information content (AvgIpc) is 2.64. The van der Waals surface area contributed by atoms with E-state index in [2.05, 4.69) is 13.8 Å². The summed E-state index contributed by atoms with van der Waals surface area (Å²) in [5, 5.41) is 0. The predicted octanol–water partition coefficient (Wildman–Crippen LogP) is 6.62. The van der Waals surface area contributed by atoms with Gasteiger partial charge in [-0.05, 0) is 45.7 Å².